The summed E-state index contributed by atoms with van der Waals surface area (Å²) in [6.45, 7) is 0. The second-order valence-electron chi connectivity index (χ2n) is 13.5. The Kier molecular flexibility index (Phi) is 7.67. The highest BCUT2D eigenvalue weighted by molar-refractivity contribution is 7.26. The maximum atomic E-state index is 10.2. The van der Waals surface area contributed by atoms with E-state index in [0.29, 0.717) is 11.1 Å². The van der Waals surface area contributed by atoms with Gasteiger partial charge in [-0.1, -0.05) is 97.1 Å². The molecule has 2 heterocycles. The molecule has 0 atom stereocenters. The Hall–Kier alpha value is -6.82. The van der Waals surface area contributed by atoms with Gasteiger partial charge in [-0.2, -0.15) is 10.5 Å². The molecule has 250 valence electrons. The van der Waals surface area contributed by atoms with E-state index in [0.717, 1.165) is 44.5 Å². The van der Waals surface area contributed by atoms with Crippen molar-refractivity contribution >= 4 is 63.0 Å². The Morgan fingerprint density at radius 3 is 1.09 bits per heavy atom. The summed E-state index contributed by atoms with van der Waals surface area (Å²) >= 11 is 3.66. The molecule has 0 bridgehead atoms. The van der Waals surface area contributed by atoms with Gasteiger partial charge < -0.3 is 0 Å². The number of hydrogen-bond acceptors (Lipinski definition) is 4. The van der Waals surface area contributed by atoms with E-state index < -0.39 is 0 Å². The van der Waals surface area contributed by atoms with E-state index in [9.17, 15) is 10.5 Å². The number of nitriles is 2. The zero-order chi connectivity index (χ0) is 36.2. The van der Waals surface area contributed by atoms with Gasteiger partial charge in [-0.25, -0.2) is 0 Å². The molecule has 0 aliphatic heterocycles. The number of fused-ring (bicyclic) bond motifs is 6. The van der Waals surface area contributed by atoms with Crippen LogP contribution in [0.1, 0.15) is 11.1 Å². The molecule has 0 aliphatic carbocycles. The highest BCUT2D eigenvalue weighted by Crippen LogP contribution is 2.45. The van der Waals surface area contributed by atoms with E-state index in [4.69, 9.17) is 0 Å². The molecule has 0 saturated carbocycles. The highest BCUT2D eigenvalue weighted by atomic mass is 32.1. The first-order chi connectivity index (χ1) is 26.7. The van der Waals surface area contributed by atoms with Crippen LogP contribution in [0.4, 0.5) is 0 Å². The minimum Gasteiger partial charge on any atom is -0.192 e. The first-order valence-electron chi connectivity index (χ1n) is 17.8. The molecule has 4 heteroatoms. The Morgan fingerprint density at radius 2 is 0.648 bits per heavy atom. The molecular weight excluding hydrogens is 693 g/mol. The average molecular weight is 721 g/mol. The summed E-state index contributed by atoms with van der Waals surface area (Å²) < 4.78 is 5.07. The molecular formula is C50H28N2S2. The van der Waals surface area contributed by atoms with Crippen molar-refractivity contribution in [3.63, 3.8) is 0 Å². The fourth-order valence-electron chi connectivity index (χ4n) is 7.91. The van der Waals surface area contributed by atoms with E-state index in [1.54, 1.807) is 0 Å². The van der Waals surface area contributed by atoms with Gasteiger partial charge in [0.05, 0.1) is 23.3 Å². The van der Waals surface area contributed by atoms with Crippen molar-refractivity contribution in [3.05, 3.63) is 181 Å². The normalized spacial score (nSPS) is 11.3. The first kappa shape index (κ1) is 31.9. The second-order valence-corrected chi connectivity index (χ2v) is 15.6. The van der Waals surface area contributed by atoms with Gasteiger partial charge in [0.2, 0.25) is 0 Å². The zero-order valence-corrected chi connectivity index (χ0v) is 30.5. The average Bonchev–Trinajstić information content (AvgIpc) is 3.82. The van der Waals surface area contributed by atoms with Crippen LogP contribution in [0.15, 0.2) is 170 Å². The number of rotatable bonds is 5. The summed E-state index contributed by atoms with van der Waals surface area (Å²) in [6.07, 6.45) is 0. The zero-order valence-electron chi connectivity index (χ0n) is 28.9. The maximum Gasteiger partial charge on any atom is 0.0998 e. The number of nitrogens with zero attached hydrogens (tertiary/aromatic N) is 2. The van der Waals surface area contributed by atoms with Gasteiger partial charge in [0.15, 0.2) is 0 Å². The largest absolute Gasteiger partial charge is 0.192 e. The van der Waals surface area contributed by atoms with Gasteiger partial charge in [0.1, 0.15) is 0 Å². The summed E-state index contributed by atoms with van der Waals surface area (Å²) in [5, 5.41) is 25.4. The van der Waals surface area contributed by atoms with E-state index in [-0.39, 0.29) is 0 Å². The molecule has 10 aromatic rings. The number of benzene rings is 8. The molecule has 0 N–H and O–H groups in total. The lowest BCUT2D eigenvalue weighted by atomic mass is 9.87. The summed E-state index contributed by atoms with van der Waals surface area (Å²) in [6, 6.07) is 64.4. The fourth-order valence-corrected chi connectivity index (χ4v) is 10.2. The van der Waals surface area contributed by atoms with Crippen LogP contribution in [0.25, 0.3) is 96.0 Å². The molecule has 54 heavy (non-hydrogen) atoms. The molecule has 2 nitrogen and oxygen atoms in total. The Bertz CT molecular complexity index is 3000. The fraction of sp³-hybridized carbons (Fsp3) is 0. The third kappa shape index (κ3) is 5.28. The quantitative estimate of drug-likeness (QED) is 0.178. The van der Waals surface area contributed by atoms with Gasteiger partial charge >= 0.3 is 0 Å². The Balaban J connectivity index is 1.30. The molecule has 0 saturated heterocycles. The maximum absolute atomic E-state index is 10.2. The third-order valence-electron chi connectivity index (χ3n) is 10.3. The summed E-state index contributed by atoms with van der Waals surface area (Å²) in [4.78, 5) is 0. The van der Waals surface area contributed by atoms with Crippen molar-refractivity contribution in [3.8, 4) is 67.8 Å². The lowest BCUT2D eigenvalue weighted by molar-refractivity contribution is 1.47. The molecule has 10 rings (SSSR count). The monoisotopic (exact) mass is 720 g/mol. The molecule has 0 fully saturated rings. The molecule has 0 amide bonds. The van der Waals surface area contributed by atoms with Crippen LogP contribution >= 0.6 is 22.7 Å². The van der Waals surface area contributed by atoms with Crippen molar-refractivity contribution in [2.75, 3.05) is 0 Å². The van der Waals surface area contributed by atoms with Crippen molar-refractivity contribution in [2.45, 2.75) is 0 Å². The van der Waals surface area contributed by atoms with Crippen LogP contribution in [-0.2, 0) is 0 Å². The van der Waals surface area contributed by atoms with Crippen LogP contribution in [0.5, 0.6) is 0 Å². The lowest BCUT2D eigenvalue weighted by Gasteiger charge is -2.16. The predicted octanol–water partition coefficient (Wildman–Crippen LogP) is 14.5. The van der Waals surface area contributed by atoms with E-state index in [2.05, 4.69) is 133 Å². The van der Waals surface area contributed by atoms with Gasteiger partial charge in [0, 0.05) is 40.3 Å². The van der Waals surface area contributed by atoms with E-state index >= 15 is 0 Å². The molecule has 0 radical (unpaired) electrons. The van der Waals surface area contributed by atoms with Crippen LogP contribution in [-0.4, -0.2) is 0 Å². The van der Waals surface area contributed by atoms with Crippen LogP contribution in [0, 0.1) is 22.7 Å². The van der Waals surface area contributed by atoms with Crippen molar-refractivity contribution in [2.24, 2.45) is 0 Å². The minimum absolute atomic E-state index is 0.607. The Morgan fingerprint density at radius 1 is 0.315 bits per heavy atom. The standard InChI is InChI=1S/C50H28N2S2/c51-29-31-11-1-3-13-39(31)35-23-33(24-36(27-35)40-14-4-2-12-32(40)30-52)34-25-37(41-17-9-21-47-49(41)43-15-5-7-19-45(43)53-47)28-38(26-34)42-18-10-22-48-50(42)44-16-6-8-20-46(44)54-48/h1-28H. The van der Waals surface area contributed by atoms with Gasteiger partial charge in [-0.3, -0.25) is 0 Å². The van der Waals surface area contributed by atoms with E-state index in [1.807, 2.05) is 71.2 Å². The second kappa shape index (κ2) is 13.0. The Labute approximate surface area is 320 Å². The van der Waals surface area contributed by atoms with Crippen molar-refractivity contribution < 1.29 is 0 Å². The minimum atomic E-state index is 0.607. The highest BCUT2D eigenvalue weighted by Gasteiger charge is 2.18. The van der Waals surface area contributed by atoms with Crippen molar-refractivity contribution in [1.82, 2.24) is 0 Å². The van der Waals surface area contributed by atoms with Gasteiger partial charge in [-0.05, 0) is 128 Å². The molecule has 0 aliphatic rings. The molecule has 0 unspecified atom stereocenters. The van der Waals surface area contributed by atoms with Crippen molar-refractivity contribution in [1.29, 1.82) is 10.5 Å². The molecule has 0 spiro atoms. The predicted molar refractivity (Wildman–Crippen MR) is 229 cm³/mol. The first-order valence-corrected chi connectivity index (χ1v) is 19.4. The van der Waals surface area contributed by atoms with Crippen LogP contribution in [0.3, 0.4) is 0 Å². The molecule has 8 aromatic carbocycles. The number of hydrogen-bond donors (Lipinski definition) is 0. The SMILES string of the molecule is N#Cc1ccccc1-c1cc(-c2cc(-c3cccc4sc5ccccc5c34)cc(-c3cccc4sc5ccccc5c34)c2)cc(-c2ccccc2C#N)c1. The smallest absolute Gasteiger partial charge is 0.0998 e. The van der Waals surface area contributed by atoms with E-state index in [1.165, 1.54) is 51.5 Å². The lowest BCUT2D eigenvalue weighted by Crippen LogP contribution is -1.92. The molecule has 2 aromatic heterocycles. The summed E-state index contributed by atoms with van der Waals surface area (Å²) in [7, 11) is 0. The third-order valence-corrected chi connectivity index (χ3v) is 12.6. The summed E-state index contributed by atoms with van der Waals surface area (Å²) in [5.74, 6) is 0. The number of thiophene rings is 2. The summed E-state index contributed by atoms with van der Waals surface area (Å²) in [5.41, 5.74) is 11.5. The topological polar surface area (TPSA) is 47.6 Å². The van der Waals surface area contributed by atoms with Crippen LogP contribution < -0.4 is 0 Å². The van der Waals surface area contributed by atoms with Gasteiger partial charge in [0.25, 0.3) is 0 Å². The van der Waals surface area contributed by atoms with Crippen LogP contribution in [0.2, 0.25) is 0 Å². The van der Waals surface area contributed by atoms with Gasteiger partial charge in [-0.15, -0.1) is 22.7 Å².